The topological polar surface area (TPSA) is 40.6 Å². The van der Waals surface area contributed by atoms with Crippen LogP contribution in [0.1, 0.15) is 44.2 Å². The highest BCUT2D eigenvalue weighted by Gasteiger charge is 2.51. The van der Waals surface area contributed by atoms with Gasteiger partial charge in [-0.1, -0.05) is 31.2 Å². The van der Waals surface area contributed by atoms with Crippen LogP contribution in [0.3, 0.4) is 0 Å². The maximum atomic E-state index is 12.9. The SMILES string of the molecule is CCCC(=O)N1CCC1(C)C(=O)N1Cc2ccccc2C1. The fourth-order valence-corrected chi connectivity index (χ4v) is 3.35. The lowest BCUT2D eigenvalue weighted by Gasteiger charge is -2.50. The minimum Gasteiger partial charge on any atom is -0.332 e. The number of hydrogen-bond donors (Lipinski definition) is 0. The molecule has 1 aromatic rings. The zero-order valence-corrected chi connectivity index (χ0v) is 12.8. The lowest BCUT2D eigenvalue weighted by atomic mass is 9.84. The van der Waals surface area contributed by atoms with E-state index in [0.29, 0.717) is 26.1 Å². The van der Waals surface area contributed by atoms with Crippen molar-refractivity contribution in [2.45, 2.75) is 51.7 Å². The molecule has 4 heteroatoms. The van der Waals surface area contributed by atoms with Gasteiger partial charge in [-0.05, 0) is 30.9 Å². The molecule has 2 aliphatic rings. The Bertz CT molecular complexity index is 559. The largest absolute Gasteiger partial charge is 0.332 e. The van der Waals surface area contributed by atoms with E-state index in [4.69, 9.17) is 0 Å². The summed E-state index contributed by atoms with van der Waals surface area (Å²) in [5.74, 6) is 0.200. The number of hydrogen-bond acceptors (Lipinski definition) is 2. The van der Waals surface area contributed by atoms with E-state index >= 15 is 0 Å². The van der Waals surface area contributed by atoms with Gasteiger partial charge in [0.05, 0.1) is 0 Å². The number of nitrogens with zero attached hydrogens (tertiary/aromatic N) is 2. The van der Waals surface area contributed by atoms with E-state index in [-0.39, 0.29) is 11.8 Å². The molecule has 0 bridgehead atoms. The molecule has 4 nitrogen and oxygen atoms in total. The predicted octanol–water partition coefficient (Wildman–Crippen LogP) is 2.32. The molecule has 0 aliphatic carbocycles. The first-order valence-corrected chi connectivity index (χ1v) is 7.73. The van der Waals surface area contributed by atoms with E-state index in [1.165, 1.54) is 11.1 Å². The van der Waals surface area contributed by atoms with E-state index in [2.05, 4.69) is 12.1 Å². The van der Waals surface area contributed by atoms with Crippen molar-refractivity contribution in [2.24, 2.45) is 0 Å². The summed E-state index contributed by atoms with van der Waals surface area (Å²) in [7, 11) is 0. The van der Waals surface area contributed by atoms with Gasteiger partial charge in [-0.25, -0.2) is 0 Å². The van der Waals surface area contributed by atoms with E-state index in [1.807, 2.05) is 30.9 Å². The van der Waals surface area contributed by atoms with Crippen LogP contribution in [0.5, 0.6) is 0 Å². The number of rotatable bonds is 3. The van der Waals surface area contributed by atoms with Crippen LogP contribution in [-0.4, -0.2) is 33.7 Å². The van der Waals surface area contributed by atoms with Gasteiger partial charge in [0.1, 0.15) is 5.54 Å². The number of fused-ring (bicyclic) bond motifs is 1. The normalized spacial score (nSPS) is 23.7. The molecule has 0 aromatic heterocycles. The molecule has 112 valence electrons. The summed E-state index contributed by atoms with van der Waals surface area (Å²) in [6.45, 7) is 5.95. The van der Waals surface area contributed by atoms with Crippen LogP contribution in [0.25, 0.3) is 0 Å². The second kappa shape index (κ2) is 5.17. The van der Waals surface area contributed by atoms with Crippen molar-refractivity contribution in [3.8, 4) is 0 Å². The predicted molar refractivity (Wildman–Crippen MR) is 80.3 cm³/mol. The minimum atomic E-state index is -0.631. The second-order valence-corrected chi connectivity index (χ2v) is 6.25. The fraction of sp³-hybridized carbons (Fsp3) is 0.529. The van der Waals surface area contributed by atoms with Crippen LogP contribution in [0.15, 0.2) is 24.3 Å². The molecule has 2 heterocycles. The van der Waals surface area contributed by atoms with Crippen molar-refractivity contribution in [2.75, 3.05) is 6.54 Å². The number of carbonyl (C=O) groups is 2. The number of amides is 2. The summed E-state index contributed by atoms with van der Waals surface area (Å²) in [6, 6.07) is 8.17. The average molecular weight is 286 g/mol. The Balaban J connectivity index is 1.73. The van der Waals surface area contributed by atoms with Gasteiger partial charge < -0.3 is 9.80 Å². The lowest BCUT2D eigenvalue weighted by molar-refractivity contribution is -0.164. The lowest BCUT2D eigenvalue weighted by Crippen LogP contribution is -2.67. The van der Waals surface area contributed by atoms with Crippen LogP contribution >= 0.6 is 0 Å². The van der Waals surface area contributed by atoms with Crippen LogP contribution in [0.4, 0.5) is 0 Å². The molecule has 0 saturated carbocycles. The molecule has 3 rings (SSSR count). The van der Waals surface area contributed by atoms with Gasteiger partial charge in [-0.2, -0.15) is 0 Å². The van der Waals surface area contributed by atoms with Crippen LogP contribution in [0.2, 0.25) is 0 Å². The number of benzene rings is 1. The Morgan fingerprint density at radius 2 is 1.81 bits per heavy atom. The third-order valence-electron chi connectivity index (χ3n) is 4.77. The molecule has 1 aromatic carbocycles. The Hall–Kier alpha value is -1.84. The first kappa shape index (κ1) is 14.1. The molecule has 2 amide bonds. The number of likely N-dealkylation sites (tertiary alicyclic amines) is 1. The third-order valence-corrected chi connectivity index (χ3v) is 4.77. The van der Waals surface area contributed by atoms with E-state index in [9.17, 15) is 9.59 Å². The molecule has 0 spiro atoms. The molecule has 2 aliphatic heterocycles. The van der Waals surface area contributed by atoms with Crippen molar-refractivity contribution in [1.29, 1.82) is 0 Å². The third kappa shape index (κ3) is 2.23. The highest BCUT2D eigenvalue weighted by Crippen LogP contribution is 2.35. The number of carbonyl (C=O) groups excluding carboxylic acids is 2. The van der Waals surface area contributed by atoms with Gasteiger partial charge in [0.2, 0.25) is 11.8 Å². The average Bonchev–Trinajstić information content (AvgIpc) is 2.88. The molecular weight excluding hydrogens is 264 g/mol. The zero-order valence-electron chi connectivity index (χ0n) is 12.8. The summed E-state index contributed by atoms with van der Waals surface area (Å²) in [4.78, 5) is 28.7. The van der Waals surface area contributed by atoms with Crippen molar-refractivity contribution in [3.05, 3.63) is 35.4 Å². The monoisotopic (exact) mass is 286 g/mol. The molecule has 1 unspecified atom stereocenters. The molecule has 0 radical (unpaired) electrons. The Labute approximate surface area is 125 Å². The Morgan fingerprint density at radius 3 is 2.29 bits per heavy atom. The maximum Gasteiger partial charge on any atom is 0.248 e. The molecule has 21 heavy (non-hydrogen) atoms. The van der Waals surface area contributed by atoms with Gasteiger partial charge in [0.25, 0.3) is 0 Å². The molecule has 1 fully saturated rings. The van der Waals surface area contributed by atoms with Crippen molar-refractivity contribution >= 4 is 11.8 Å². The van der Waals surface area contributed by atoms with Crippen LogP contribution < -0.4 is 0 Å². The van der Waals surface area contributed by atoms with Crippen LogP contribution in [-0.2, 0) is 22.7 Å². The van der Waals surface area contributed by atoms with Gasteiger partial charge in [-0.15, -0.1) is 0 Å². The van der Waals surface area contributed by atoms with E-state index in [1.54, 1.807) is 4.90 Å². The maximum absolute atomic E-state index is 12.9. The quantitative estimate of drug-likeness (QED) is 0.855. The summed E-state index contributed by atoms with van der Waals surface area (Å²) >= 11 is 0. The molecule has 0 N–H and O–H groups in total. The van der Waals surface area contributed by atoms with E-state index < -0.39 is 5.54 Å². The summed E-state index contributed by atoms with van der Waals surface area (Å²) in [5, 5.41) is 0. The van der Waals surface area contributed by atoms with Gasteiger partial charge in [0.15, 0.2) is 0 Å². The minimum absolute atomic E-state index is 0.0920. The van der Waals surface area contributed by atoms with Crippen molar-refractivity contribution < 1.29 is 9.59 Å². The zero-order chi connectivity index (χ0) is 15.0. The first-order chi connectivity index (χ1) is 10.1. The fourth-order valence-electron chi connectivity index (χ4n) is 3.35. The highest BCUT2D eigenvalue weighted by molar-refractivity contribution is 5.93. The smallest absolute Gasteiger partial charge is 0.248 e. The van der Waals surface area contributed by atoms with Gasteiger partial charge >= 0.3 is 0 Å². The Morgan fingerprint density at radius 1 is 1.19 bits per heavy atom. The van der Waals surface area contributed by atoms with Crippen molar-refractivity contribution in [1.82, 2.24) is 9.80 Å². The summed E-state index contributed by atoms with van der Waals surface area (Å²) < 4.78 is 0. The Kier molecular flexibility index (Phi) is 3.47. The molecule has 1 saturated heterocycles. The van der Waals surface area contributed by atoms with Gasteiger partial charge in [0, 0.05) is 26.1 Å². The van der Waals surface area contributed by atoms with Crippen molar-refractivity contribution in [3.63, 3.8) is 0 Å². The first-order valence-electron chi connectivity index (χ1n) is 7.73. The summed E-state index contributed by atoms with van der Waals surface area (Å²) in [6.07, 6.45) is 2.13. The molecule has 1 atom stereocenters. The van der Waals surface area contributed by atoms with E-state index in [0.717, 1.165) is 12.8 Å². The van der Waals surface area contributed by atoms with Crippen LogP contribution in [0, 0.1) is 0 Å². The summed E-state index contributed by atoms with van der Waals surface area (Å²) in [5.41, 5.74) is 1.81. The highest BCUT2D eigenvalue weighted by atomic mass is 16.2. The molecular formula is C17H22N2O2. The second-order valence-electron chi connectivity index (χ2n) is 6.25. The standard InChI is InChI=1S/C17H22N2O2/c1-3-6-15(20)19-10-9-17(19,2)16(21)18-11-13-7-4-5-8-14(13)12-18/h4-5,7-8H,3,6,9-12H2,1-2H3. The van der Waals surface area contributed by atoms with Gasteiger partial charge in [-0.3, -0.25) is 9.59 Å².